The molecule has 1 saturated carbocycles. The highest BCUT2D eigenvalue weighted by Crippen LogP contribution is 2.24. The number of aliphatic hydroxyl groups is 1. The summed E-state index contributed by atoms with van der Waals surface area (Å²) in [5.74, 6) is -1.09. The summed E-state index contributed by atoms with van der Waals surface area (Å²) in [6.45, 7) is 0.374. The Morgan fingerprint density at radius 3 is 2.67 bits per heavy atom. The summed E-state index contributed by atoms with van der Waals surface area (Å²) in [4.78, 5) is 22.1. The Bertz CT molecular complexity index is 542. The first kappa shape index (κ1) is 15.4. The van der Waals surface area contributed by atoms with Crippen LogP contribution in [0.25, 0.3) is 0 Å². The molecule has 21 heavy (non-hydrogen) atoms. The minimum Gasteiger partial charge on any atom is -0.393 e. The summed E-state index contributed by atoms with van der Waals surface area (Å²) in [5, 5.41) is 22.9. The molecule has 1 aromatic rings. The van der Waals surface area contributed by atoms with Crippen LogP contribution in [-0.2, 0) is 0 Å². The number of amides is 1. The van der Waals surface area contributed by atoms with Crippen LogP contribution in [0, 0.1) is 21.8 Å². The van der Waals surface area contributed by atoms with Gasteiger partial charge in [-0.3, -0.25) is 14.9 Å². The number of rotatable bonds is 4. The number of halogens is 1. The molecule has 2 N–H and O–H groups in total. The highest BCUT2D eigenvalue weighted by molar-refractivity contribution is 5.98. The lowest BCUT2D eigenvalue weighted by Crippen LogP contribution is -2.32. The van der Waals surface area contributed by atoms with Crippen LogP contribution in [-0.4, -0.2) is 28.6 Å². The summed E-state index contributed by atoms with van der Waals surface area (Å²) in [6.07, 6.45) is 2.71. The van der Waals surface area contributed by atoms with E-state index in [1.165, 1.54) is 0 Å². The zero-order valence-corrected chi connectivity index (χ0v) is 11.4. The summed E-state index contributed by atoms with van der Waals surface area (Å²) in [7, 11) is 0. The topological polar surface area (TPSA) is 92.5 Å². The number of nitrogens with one attached hydrogen (secondary N) is 1. The van der Waals surface area contributed by atoms with Crippen LogP contribution in [0.15, 0.2) is 18.2 Å². The zero-order valence-electron chi connectivity index (χ0n) is 11.4. The molecule has 114 valence electrons. The molecule has 6 nitrogen and oxygen atoms in total. The van der Waals surface area contributed by atoms with Gasteiger partial charge >= 0.3 is 0 Å². The number of hydrogen-bond acceptors (Lipinski definition) is 4. The first-order valence-corrected chi connectivity index (χ1v) is 6.87. The molecule has 0 aromatic heterocycles. The largest absolute Gasteiger partial charge is 0.393 e. The third-order valence-corrected chi connectivity index (χ3v) is 3.77. The second-order valence-electron chi connectivity index (χ2n) is 5.30. The van der Waals surface area contributed by atoms with Gasteiger partial charge in [0, 0.05) is 12.6 Å². The van der Waals surface area contributed by atoms with Crippen LogP contribution in [0.1, 0.15) is 36.0 Å². The fraction of sp³-hybridized carbons (Fsp3) is 0.500. The van der Waals surface area contributed by atoms with Crippen LogP contribution in [0.2, 0.25) is 0 Å². The lowest BCUT2D eigenvalue weighted by atomic mass is 9.87. The molecule has 1 aliphatic rings. The number of benzene rings is 1. The molecule has 1 aliphatic carbocycles. The van der Waals surface area contributed by atoms with Gasteiger partial charge in [0.15, 0.2) is 0 Å². The Labute approximate surface area is 121 Å². The Morgan fingerprint density at radius 1 is 1.38 bits per heavy atom. The maximum absolute atomic E-state index is 13.2. The lowest BCUT2D eigenvalue weighted by molar-refractivity contribution is -0.385. The molecule has 7 heteroatoms. The summed E-state index contributed by atoms with van der Waals surface area (Å²) in [5.41, 5.74) is -0.677. The molecule has 0 aliphatic heterocycles. The predicted octanol–water partition coefficient (Wildman–Crippen LogP) is 2.01. The van der Waals surface area contributed by atoms with Crippen molar-refractivity contribution in [2.75, 3.05) is 6.54 Å². The van der Waals surface area contributed by atoms with E-state index in [-0.39, 0.29) is 17.6 Å². The number of hydrogen-bond donors (Lipinski definition) is 2. The monoisotopic (exact) mass is 296 g/mol. The van der Waals surface area contributed by atoms with Gasteiger partial charge in [0.1, 0.15) is 11.4 Å². The highest BCUT2D eigenvalue weighted by atomic mass is 19.1. The van der Waals surface area contributed by atoms with Gasteiger partial charge in [-0.25, -0.2) is 4.39 Å². The maximum Gasteiger partial charge on any atom is 0.282 e. The van der Waals surface area contributed by atoms with E-state index in [0.29, 0.717) is 19.4 Å². The molecule has 1 fully saturated rings. The lowest BCUT2D eigenvalue weighted by Gasteiger charge is -2.25. The van der Waals surface area contributed by atoms with E-state index in [0.717, 1.165) is 31.0 Å². The van der Waals surface area contributed by atoms with Gasteiger partial charge in [0.05, 0.1) is 11.0 Å². The number of nitro benzene ring substituents is 1. The molecule has 0 saturated heterocycles. The molecule has 0 bridgehead atoms. The average Bonchev–Trinajstić information content (AvgIpc) is 2.46. The highest BCUT2D eigenvalue weighted by Gasteiger charge is 2.23. The van der Waals surface area contributed by atoms with Crippen molar-refractivity contribution in [2.24, 2.45) is 5.92 Å². The predicted molar refractivity (Wildman–Crippen MR) is 73.4 cm³/mol. The number of carbonyl (C=O) groups excluding carboxylic acids is 1. The van der Waals surface area contributed by atoms with Crippen molar-refractivity contribution in [3.05, 3.63) is 39.7 Å². The molecular weight excluding hydrogens is 279 g/mol. The molecule has 1 aromatic carbocycles. The number of carbonyl (C=O) groups is 1. The molecule has 0 unspecified atom stereocenters. The van der Waals surface area contributed by atoms with E-state index in [9.17, 15) is 24.4 Å². The van der Waals surface area contributed by atoms with E-state index < -0.39 is 22.3 Å². The van der Waals surface area contributed by atoms with E-state index in [1.54, 1.807) is 0 Å². The average molecular weight is 296 g/mol. The first-order chi connectivity index (χ1) is 9.97. The normalized spacial score (nSPS) is 21.8. The Morgan fingerprint density at radius 2 is 2.05 bits per heavy atom. The van der Waals surface area contributed by atoms with Crippen LogP contribution in [0.4, 0.5) is 10.1 Å². The van der Waals surface area contributed by atoms with Gasteiger partial charge in [-0.05, 0) is 43.7 Å². The fourth-order valence-electron chi connectivity index (χ4n) is 2.53. The number of nitro groups is 1. The van der Waals surface area contributed by atoms with Crippen molar-refractivity contribution < 1.29 is 19.2 Å². The zero-order chi connectivity index (χ0) is 15.4. The number of aliphatic hydroxyl groups excluding tert-OH is 1. The Hall–Kier alpha value is -2.02. The molecule has 0 radical (unpaired) electrons. The van der Waals surface area contributed by atoms with Gasteiger partial charge < -0.3 is 10.4 Å². The van der Waals surface area contributed by atoms with E-state index in [1.807, 2.05) is 0 Å². The van der Waals surface area contributed by atoms with Crippen molar-refractivity contribution in [3.63, 3.8) is 0 Å². The Kier molecular flexibility index (Phi) is 4.85. The standard InChI is InChI=1S/C14H17FN2O4/c15-10-3-6-13(17(20)21)12(7-10)14(19)16-8-9-1-4-11(18)5-2-9/h3,6-7,9,11,18H,1-2,4-5,8H2,(H,16,19). The van der Waals surface area contributed by atoms with E-state index >= 15 is 0 Å². The van der Waals surface area contributed by atoms with Crippen molar-refractivity contribution in [1.29, 1.82) is 0 Å². The molecule has 0 spiro atoms. The minimum atomic E-state index is -0.703. The van der Waals surface area contributed by atoms with Crippen molar-refractivity contribution in [1.82, 2.24) is 5.32 Å². The molecule has 0 heterocycles. The molecular formula is C14H17FN2O4. The van der Waals surface area contributed by atoms with Crippen LogP contribution in [0.5, 0.6) is 0 Å². The second kappa shape index (κ2) is 6.62. The van der Waals surface area contributed by atoms with Gasteiger partial charge in [-0.1, -0.05) is 0 Å². The van der Waals surface area contributed by atoms with Crippen molar-refractivity contribution in [2.45, 2.75) is 31.8 Å². The summed E-state index contributed by atoms with van der Waals surface area (Å²) in [6, 6.07) is 2.82. The molecule has 1 amide bonds. The third-order valence-electron chi connectivity index (χ3n) is 3.77. The van der Waals surface area contributed by atoms with E-state index in [2.05, 4.69) is 5.32 Å². The van der Waals surface area contributed by atoms with Crippen LogP contribution >= 0.6 is 0 Å². The Balaban J connectivity index is 2.00. The smallest absolute Gasteiger partial charge is 0.282 e. The third kappa shape index (κ3) is 3.98. The minimum absolute atomic E-state index is 0.241. The van der Waals surface area contributed by atoms with Crippen molar-refractivity contribution in [3.8, 4) is 0 Å². The molecule has 2 rings (SSSR count). The van der Waals surface area contributed by atoms with Crippen molar-refractivity contribution >= 4 is 11.6 Å². The summed E-state index contributed by atoms with van der Waals surface area (Å²) < 4.78 is 13.2. The second-order valence-corrected chi connectivity index (χ2v) is 5.30. The van der Waals surface area contributed by atoms with E-state index in [4.69, 9.17) is 0 Å². The van der Waals surface area contributed by atoms with Gasteiger partial charge in [-0.15, -0.1) is 0 Å². The first-order valence-electron chi connectivity index (χ1n) is 6.87. The molecule has 0 atom stereocenters. The van der Waals surface area contributed by atoms with Gasteiger partial charge in [-0.2, -0.15) is 0 Å². The maximum atomic E-state index is 13.2. The van der Waals surface area contributed by atoms with Gasteiger partial charge in [0.25, 0.3) is 11.6 Å². The SMILES string of the molecule is O=C(NCC1CCC(O)CC1)c1cc(F)ccc1[N+](=O)[O-]. The summed E-state index contributed by atoms with van der Waals surface area (Å²) >= 11 is 0. The fourth-order valence-corrected chi connectivity index (χ4v) is 2.53. The quantitative estimate of drug-likeness (QED) is 0.656. The number of nitrogens with zero attached hydrogens (tertiary/aromatic N) is 1. The van der Waals surface area contributed by atoms with Crippen LogP contribution in [0.3, 0.4) is 0 Å². The van der Waals surface area contributed by atoms with Crippen LogP contribution < -0.4 is 5.32 Å². The van der Waals surface area contributed by atoms with Gasteiger partial charge in [0.2, 0.25) is 0 Å².